The Morgan fingerprint density at radius 1 is 1.30 bits per heavy atom. The minimum Gasteiger partial charge on any atom is -0.381 e. The van der Waals surface area contributed by atoms with Crippen LogP contribution in [0, 0.1) is 5.92 Å². The van der Waals surface area contributed by atoms with Crippen molar-refractivity contribution in [3.05, 3.63) is 42.7 Å². The quantitative estimate of drug-likeness (QED) is 0.894. The highest BCUT2D eigenvalue weighted by atomic mass is 35.5. The Morgan fingerprint density at radius 2 is 2.00 bits per heavy atom. The number of ether oxygens (including phenoxy) is 1. The maximum Gasteiger partial charge on any atom is 0.241 e. The highest BCUT2D eigenvalue weighted by molar-refractivity contribution is 5.94. The molecule has 1 aromatic heterocycles. The third-order valence-electron chi connectivity index (χ3n) is 3.95. The van der Waals surface area contributed by atoms with Crippen molar-refractivity contribution in [3.63, 3.8) is 0 Å². The summed E-state index contributed by atoms with van der Waals surface area (Å²) in [5.74, 6) is 0.0115. The lowest BCUT2D eigenvalue weighted by atomic mass is 9.92. The van der Waals surface area contributed by atoms with Crippen LogP contribution >= 0.6 is 12.4 Å². The molecule has 1 aliphatic heterocycles. The van der Waals surface area contributed by atoms with Crippen molar-refractivity contribution in [3.8, 4) is 5.69 Å². The van der Waals surface area contributed by atoms with Gasteiger partial charge in [0.1, 0.15) is 0 Å². The Morgan fingerprint density at radius 3 is 2.70 bits per heavy atom. The zero-order valence-electron chi connectivity index (χ0n) is 12.7. The van der Waals surface area contributed by atoms with E-state index in [2.05, 4.69) is 10.4 Å². The summed E-state index contributed by atoms with van der Waals surface area (Å²) in [5.41, 5.74) is 7.65. The number of aromatic nitrogens is 2. The molecule has 1 aliphatic rings. The minimum absolute atomic E-state index is 0. The zero-order valence-corrected chi connectivity index (χ0v) is 13.5. The molecule has 6 nitrogen and oxygen atoms in total. The number of nitrogens with two attached hydrogens (primary N) is 1. The Balaban J connectivity index is 0.00000192. The number of anilines is 1. The molecule has 1 fully saturated rings. The summed E-state index contributed by atoms with van der Waals surface area (Å²) in [6.45, 7) is 1.36. The molecule has 0 spiro atoms. The number of para-hydroxylation sites is 1. The molecular weight excluding hydrogens is 316 g/mol. The van der Waals surface area contributed by atoms with Gasteiger partial charge in [0.05, 0.1) is 29.8 Å². The number of amides is 1. The average molecular weight is 337 g/mol. The third-order valence-corrected chi connectivity index (χ3v) is 3.95. The molecule has 1 atom stereocenters. The number of benzene rings is 1. The van der Waals surface area contributed by atoms with E-state index in [1.165, 1.54) is 0 Å². The molecule has 2 aromatic rings. The monoisotopic (exact) mass is 336 g/mol. The van der Waals surface area contributed by atoms with Crippen LogP contribution in [0.5, 0.6) is 0 Å². The summed E-state index contributed by atoms with van der Waals surface area (Å²) in [7, 11) is 0. The topological polar surface area (TPSA) is 82.2 Å². The van der Waals surface area contributed by atoms with Gasteiger partial charge in [-0.15, -0.1) is 12.4 Å². The zero-order chi connectivity index (χ0) is 15.4. The number of hydrogen-bond donors (Lipinski definition) is 2. The number of carbonyl (C=O) groups is 1. The van der Waals surface area contributed by atoms with Gasteiger partial charge in [0.15, 0.2) is 0 Å². The Bertz CT molecular complexity index is 626. The van der Waals surface area contributed by atoms with Crippen LogP contribution in [0.15, 0.2) is 42.7 Å². The molecule has 0 saturated carbocycles. The van der Waals surface area contributed by atoms with Crippen LogP contribution in [0.1, 0.15) is 12.8 Å². The molecule has 0 aliphatic carbocycles. The Hall–Kier alpha value is -1.89. The predicted octanol–water partition coefficient (Wildman–Crippen LogP) is 1.99. The Kier molecular flexibility index (Phi) is 6.15. The lowest BCUT2D eigenvalue weighted by Gasteiger charge is -2.26. The molecule has 3 rings (SSSR count). The molecule has 23 heavy (non-hydrogen) atoms. The van der Waals surface area contributed by atoms with Crippen molar-refractivity contribution in [1.29, 1.82) is 0 Å². The lowest BCUT2D eigenvalue weighted by molar-refractivity contribution is -0.119. The van der Waals surface area contributed by atoms with Crippen LogP contribution in [-0.2, 0) is 9.53 Å². The molecule has 3 N–H and O–H groups in total. The number of halogens is 1. The van der Waals surface area contributed by atoms with Gasteiger partial charge in [-0.25, -0.2) is 4.68 Å². The molecule has 2 heterocycles. The first-order valence-corrected chi connectivity index (χ1v) is 7.48. The molecule has 124 valence electrons. The van der Waals surface area contributed by atoms with Gasteiger partial charge in [-0.1, -0.05) is 18.2 Å². The number of nitrogens with one attached hydrogen (secondary N) is 1. The fraction of sp³-hybridized carbons (Fsp3) is 0.375. The van der Waals surface area contributed by atoms with E-state index >= 15 is 0 Å². The standard InChI is InChI=1S/C16H20N4O2.ClH/c17-15(12-6-8-22-9-7-12)16(21)19-13-10-18-20(11-13)14-4-2-1-3-5-14;/h1-5,10-12,15H,6-9,17H2,(H,19,21);1H. The number of nitrogens with zero attached hydrogens (tertiary/aromatic N) is 2. The smallest absolute Gasteiger partial charge is 0.241 e. The lowest BCUT2D eigenvalue weighted by Crippen LogP contribution is -2.43. The minimum atomic E-state index is -0.510. The number of hydrogen-bond acceptors (Lipinski definition) is 4. The normalized spacial score (nSPS) is 16.4. The van der Waals surface area contributed by atoms with Crippen molar-refractivity contribution in [2.75, 3.05) is 18.5 Å². The fourth-order valence-corrected chi connectivity index (χ4v) is 2.62. The molecule has 1 unspecified atom stereocenters. The van der Waals surface area contributed by atoms with E-state index in [1.54, 1.807) is 17.1 Å². The van der Waals surface area contributed by atoms with E-state index < -0.39 is 6.04 Å². The summed E-state index contributed by atoms with van der Waals surface area (Å²) >= 11 is 0. The van der Waals surface area contributed by atoms with Gasteiger partial charge >= 0.3 is 0 Å². The van der Waals surface area contributed by atoms with Gasteiger partial charge < -0.3 is 15.8 Å². The molecule has 0 radical (unpaired) electrons. The fourth-order valence-electron chi connectivity index (χ4n) is 2.62. The summed E-state index contributed by atoms with van der Waals surface area (Å²) < 4.78 is 7.02. The van der Waals surface area contributed by atoms with E-state index in [0.29, 0.717) is 18.9 Å². The SMILES string of the molecule is Cl.NC(C(=O)Nc1cnn(-c2ccccc2)c1)C1CCOCC1. The van der Waals surface area contributed by atoms with E-state index in [4.69, 9.17) is 10.5 Å². The highest BCUT2D eigenvalue weighted by Crippen LogP contribution is 2.19. The maximum absolute atomic E-state index is 12.2. The van der Waals surface area contributed by atoms with Crippen LogP contribution in [-0.4, -0.2) is 34.9 Å². The van der Waals surface area contributed by atoms with Crippen LogP contribution < -0.4 is 11.1 Å². The predicted molar refractivity (Wildman–Crippen MR) is 91.0 cm³/mol. The molecule has 0 bridgehead atoms. The molecule has 1 amide bonds. The molecular formula is C16H21ClN4O2. The van der Waals surface area contributed by atoms with Crippen molar-refractivity contribution in [2.24, 2.45) is 11.7 Å². The van der Waals surface area contributed by atoms with Crippen LogP contribution in [0.4, 0.5) is 5.69 Å². The van der Waals surface area contributed by atoms with Gasteiger partial charge in [0, 0.05) is 13.2 Å². The van der Waals surface area contributed by atoms with Crippen LogP contribution in [0.3, 0.4) is 0 Å². The van der Waals surface area contributed by atoms with Gasteiger partial charge in [0.25, 0.3) is 0 Å². The van der Waals surface area contributed by atoms with E-state index in [0.717, 1.165) is 18.5 Å². The Labute approximate surface area is 141 Å². The van der Waals surface area contributed by atoms with E-state index in [1.807, 2.05) is 30.3 Å². The number of carbonyl (C=O) groups excluding carboxylic acids is 1. The third kappa shape index (κ3) is 4.31. The first kappa shape index (κ1) is 17.5. The summed E-state index contributed by atoms with van der Waals surface area (Å²) in [5, 5.41) is 7.09. The second kappa shape index (κ2) is 8.10. The van der Waals surface area contributed by atoms with Crippen molar-refractivity contribution < 1.29 is 9.53 Å². The second-order valence-corrected chi connectivity index (χ2v) is 5.47. The van der Waals surface area contributed by atoms with Crippen LogP contribution in [0.2, 0.25) is 0 Å². The molecule has 1 aromatic carbocycles. The largest absolute Gasteiger partial charge is 0.381 e. The molecule has 1 saturated heterocycles. The summed E-state index contributed by atoms with van der Waals surface area (Å²) in [4.78, 5) is 12.2. The first-order valence-electron chi connectivity index (χ1n) is 7.48. The number of rotatable bonds is 4. The first-order chi connectivity index (χ1) is 10.7. The van der Waals surface area contributed by atoms with Crippen molar-refractivity contribution in [2.45, 2.75) is 18.9 Å². The van der Waals surface area contributed by atoms with E-state index in [-0.39, 0.29) is 24.2 Å². The molecule has 7 heteroatoms. The summed E-state index contributed by atoms with van der Waals surface area (Å²) in [6.07, 6.45) is 5.07. The van der Waals surface area contributed by atoms with Gasteiger partial charge in [-0.2, -0.15) is 5.10 Å². The second-order valence-electron chi connectivity index (χ2n) is 5.47. The van der Waals surface area contributed by atoms with E-state index in [9.17, 15) is 4.79 Å². The van der Waals surface area contributed by atoms with Crippen molar-refractivity contribution >= 4 is 24.0 Å². The van der Waals surface area contributed by atoms with Crippen molar-refractivity contribution in [1.82, 2.24) is 9.78 Å². The highest BCUT2D eigenvalue weighted by Gasteiger charge is 2.26. The van der Waals surface area contributed by atoms with Gasteiger partial charge in [-0.05, 0) is 30.9 Å². The average Bonchev–Trinajstić information content (AvgIpc) is 3.04. The summed E-state index contributed by atoms with van der Waals surface area (Å²) in [6, 6.07) is 9.22. The maximum atomic E-state index is 12.2. The van der Waals surface area contributed by atoms with Gasteiger partial charge in [-0.3, -0.25) is 4.79 Å². The van der Waals surface area contributed by atoms with Crippen LogP contribution in [0.25, 0.3) is 5.69 Å². The van der Waals surface area contributed by atoms with Gasteiger partial charge in [0.2, 0.25) is 5.91 Å².